The van der Waals surface area contributed by atoms with Crippen LogP contribution in [0.2, 0.25) is 0 Å². The van der Waals surface area contributed by atoms with Crippen molar-refractivity contribution in [2.75, 3.05) is 13.0 Å². The molecule has 0 aromatic heterocycles. The highest BCUT2D eigenvalue weighted by Gasteiger charge is 2.18. The average Bonchev–Trinajstić information content (AvgIpc) is 1.63. The average molecular weight is 153 g/mol. The van der Waals surface area contributed by atoms with Gasteiger partial charge in [0.25, 0.3) is 6.16 Å². The maximum atomic E-state index is 10.1. The van der Waals surface area contributed by atoms with E-state index in [1.165, 1.54) is 0 Å². The Morgan fingerprint density at radius 2 is 2.22 bits per heavy atom. The molecule has 0 aromatic carbocycles. The van der Waals surface area contributed by atoms with Gasteiger partial charge in [0.15, 0.2) is 6.79 Å². The third-order valence-electron chi connectivity index (χ3n) is 0.490. The van der Waals surface area contributed by atoms with Crippen LogP contribution in [0.4, 0.5) is 0 Å². The van der Waals surface area contributed by atoms with E-state index in [-0.39, 0.29) is 0 Å². The number of hydrogen-bond donors (Lipinski definition) is 2. The summed E-state index contributed by atoms with van der Waals surface area (Å²) in [6.45, 7) is -0.748. The molecule has 0 heterocycles. The van der Waals surface area contributed by atoms with E-state index in [0.717, 1.165) is 0 Å². The minimum absolute atomic E-state index is 0.560. The van der Waals surface area contributed by atoms with Gasteiger partial charge in [0.05, 0.1) is 0 Å². The van der Waals surface area contributed by atoms with Crippen LogP contribution in [-0.4, -0.2) is 28.9 Å². The van der Waals surface area contributed by atoms with Crippen LogP contribution in [0.1, 0.15) is 0 Å². The van der Waals surface area contributed by atoms with Crippen molar-refractivity contribution in [3.63, 3.8) is 0 Å². The molecule has 0 radical (unpaired) electrons. The van der Waals surface area contributed by atoms with Crippen molar-refractivity contribution in [1.82, 2.24) is 0 Å². The number of aliphatic hydroxyl groups excluding tert-OH is 1. The molecule has 5 nitrogen and oxygen atoms in total. The first-order chi connectivity index (χ1) is 4.16. The second kappa shape index (κ2) is 4.38. The fourth-order valence-corrected chi connectivity index (χ4v) is 0.540. The number of aliphatic hydroxyl groups is 1. The Balaban J connectivity index is 3.39. The Bertz CT molecular complexity index is 121. The molecule has 0 aliphatic carbocycles. The standard InChI is InChI=1S/C3H5O5P/c4-2-8-3(5)1-9(6)7/h4H,1-2H2/p+1. The van der Waals surface area contributed by atoms with Gasteiger partial charge in [0.2, 0.25) is 0 Å². The molecular formula is C3H6O5P+. The molecule has 1 unspecified atom stereocenters. The van der Waals surface area contributed by atoms with E-state index in [4.69, 9.17) is 10.00 Å². The van der Waals surface area contributed by atoms with Crippen molar-refractivity contribution in [2.24, 2.45) is 0 Å². The first-order valence-electron chi connectivity index (χ1n) is 2.07. The Hall–Kier alpha value is -0.510. The number of ether oxygens (including phenoxy) is 1. The van der Waals surface area contributed by atoms with Gasteiger partial charge in [-0.3, -0.25) is 0 Å². The Morgan fingerprint density at radius 3 is 2.56 bits per heavy atom. The fourth-order valence-electron chi connectivity index (χ4n) is 0.228. The molecule has 9 heavy (non-hydrogen) atoms. The minimum Gasteiger partial charge on any atom is -0.435 e. The van der Waals surface area contributed by atoms with Gasteiger partial charge in [-0.25, -0.2) is 4.79 Å². The predicted octanol–water partition coefficient (Wildman–Crippen LogP) is -0.786. The SMILES string of the molecule is O=C(C[P+](=O)O)OCO. The summed E-state index contributed by atoms with van der Waals surface area (Å²) in [5.41, 5.74) is 0. The number of esters is 1. The molecule has 6 heteroatoms. The van der Waals surface area contributed by atoms with E-state index in [1.807, 2.05) is 0 Å². The first kappa shape index (κ1) is 8.49. The highest BCUT2D eigenvalue weighted by atomic mass is 31.1. The van der Waals surface area contributed by atoms with Crippen LogP contribution >= 0.6 is 8.03 Å². The second-order valence-corrected chi connectivity index (χ2v) is 2.18. The molecule has 0 rings (SSSR count). The lowest BCUT2D eigenvalue weighted by atomic mass is 10.8. The molecule has 0 aliphatic heterocycles. The third-order valence-corrected chi connectivity index (χ3v) is 1.02. The van der Waals surface area contributed by atoms with E-state index in [0.29, 0.717) is 0 Å². The van der Waals surface area contributed by atoms with Crippen molar-refractivity contribution in [3.8, 4) is 0 Å². The van der Waals surface area contributed by atoms with E-state index >= 15 is 0 Å². The molecular weight excluding hydrogens is 147 g/mol. The van der Waals surface area contributed by atoms with Gasteiger partial charge in [0.1, 0.15) is 0 Å². The number of carbonyl (C=O) groups is 1. The van der Waals surface area contributed by atoms with E-state index in [1.54, 1.807) is 0 Å². The summed E-state index contributed by atoms with van der Waals surface area (Å²) in [5.74, 6) is -0.874. The van der Waals surface area contributed by atoms with Crippen LogP contribution in [0.15, 0.2) is 0 Å². The van der Waals surface area contributed by atoms with Crippen LogP contribution in [0.3, 0.4) is 0 Å². The molecule has 0 spiro atoms. The zero-order chi connectivity index (χ0) is 7.28. The Kier molecular flexibility index (Phi) is 4.13. The van der Waals surface area contributed by atoms with Crippen molar-refractivity contribution < 1.29 is 24.1 Å². The molecule has 0 aromatic rings. The summed E-state index contributed by atoms with van der Waals surface area (Å²) in [7, 11) is -2.49. The molecule has 52 valence electrons. The highest BCUT2D eigenvalue weighted by Crippen LogP contribution is 2.11. The van der Waals surface area contributed by atoms with Gasteiger partial charge in [0, 0.05) is 0 Å². The molecule has 0 saturated heterocycles. The summed E-state index contributed by atoms with van der Waals surface area (Å²) in [6, 6.07) is 0. The van der Waals surface area contributed by atoms with Gasteiger partial charge in [-0.05, 0) is 4.57 Å². The second-order valence-electron chi connectivity index (χ2n) is 1.16. The topological polar surface area (TPSA) is 83.8 Å². The summed E-state index contributed by atoms with van der Waals surface area (Å²) in [5, 5.41) is 7.93. The van der Waals surface area contributed by atoms with Crippen LogP contribution in [0, 0.1) is 0 Å². The Morgan fingerprint density at radius 1 is 1.67 bits per heavy atom. The summed E-state index contributed by atoms with van der Waals surface area (Å²) < 4.78 is 13.8. The quantitative estimate of drug-likeness (QED) is 0.315. The Labute approximate surface area is 52.1 Å². The highest BCUT2D eigenvalue weighted by molar-refractivity contribution is 7.39. The van der Waals surface area contributed by atoms with Crippen LogP contribution in [0.5, 0.6) is 0 Å². The normalized spacial score (nSPS) is 10.7. The lowest BCUT2D eigenvalue weighted by Gasteiger charge is -1.90. The first-order valence-corrected chi connectivity index (χ1v) is 3.46. The number of carbonyl (C=O) groups excluding carboxylic acids is 1. The van der Waals surface area contributed by atoms with Crippen molar-refractivity contribution in [2.45, 2.75) is 0 Å². The number of hydrogen-bond acceptors (Lipinski definition) is 4. The van der Waals surface area contributed by atoms with Crippen LogP contribution < -0.4 is 0 Å². The van der Waals surface area contributed by atoms with Gasteiger partial charge < -0.3 is 9.84 Å². The zero-order valence-electron chi connectivity index (χ0n) is 4.48. The summed E-state index contributed by atoms with van der Waals surface area (Å²) in [4.78, 5) is 18.2. The van der Waals surface area contributed by atoms with Crippen molar-refractivity contribution >= 4 is 14.0 Å². The maximum absolute atomic E-state index is 10.1. The minimum atomic E-state index is -2.49. The van der Waals surface area contributed by atoms with Gasteiger partial charge >= 0.3 is 14.0 Å². The third kappa shape index (κ3) is 5.36. The molecule has 2 N–H and O–H groups in total. The largest absolute Gasteiger partial charge is 0.517 e. The molecule has 0 saturated carbocycles. The smallest absolute Gasteiger partial charge is 0.435 e. The van der Waals surface area contributed by atoms with E-state index < -0.39 is 27.0 Å². The summed E-state index contributed by atoms with van der Waals surface area (Å²) in [6.07, 6.45) is -0.560. The van der Waals surface area contributed by atoms with Gasteiger partial charge in [-0.2, -0.15) is 4.89 Å². The molecule has 1 atom stereocenters. The molecule has 0 fully saturated rings. The van der Waals surface area contributed by atoms with Crippen LogP contribution in [0.25, 0.3) is 0 Å². The zero-order valence-corrected chi connectivity index (χ0v) is 5.38. The van der Waals surface area contributed by atoms with Crippen LogP contribution in [-0.2, 0) is 14.1 Å². The van der Waals surface area contributed by atoms with E-state index in [2.05, 4.69) is 4.74 Å². The van der Waals surface area contributed by atoms with Crippen molar-refractivity contribution in [1.29, 1.82) is 0 Å². The predicted molar refractivity (Wildman–Crippen MR) is 27.9 cm³/mol. The monoisotopic (exact) mass is 153 g/mol. The van der Waals surface area contributed by atoms with Crippen molar-refractivity contribution in [3.05, 3.63) is 0 Å². The van der Waals surface area contributed by atoms with Gasteiger partial charge in [-0.15, -0.1) is 0 Å². The molecule has 0 amide bonds. The van der Waals surface area contributed by atoms with Gasteiger partial charge in [-0.1, -0.05) is 0 Å². The fraction of sp³-hybridized carbons (Fsp3) is 0.667. The molecule has 0 bridgehead atoms. The van der Waals surface area contributed by atoms with E-state index in [9.17, 15) is 9.36 Å². The lowest BCUT2D eigenvalue weighted by Crippen LogP contribution is -2.07. The number of rotatable bonds is 3. The lowest BCUT2D eigenvalue weighted by molar-refractivity contribution is -0.148. The maximum Gasteiger partial charge on any atom is 0.517 e. The summed E-state index contributed by atoms with van der Waals surface area (Å²) >= 11 is 0. The molecule has 0 aliphatic rings.